The number of rotatable bonds is 6. The fraction of sp³-hybridized carbons (Fsp3) is 0.133. The van der Waals surface area contributed by atoms with Crippen molar-refractivity contribution in [1.29, 1.82) is 0 Å². The fourth-order valence-electron chi connectivity index (χ4n) is 1.77. The van der Waals surface area contributed by atoms with Crippen molar-refractivity contribution in [2.45, 2.75) is 6.92 Å². The zero-order valence-electron chi connectivity index (χ0n) is 13.0. The third kappa shape index (κ3) is 5.16. The van der Waals surface area contributed by atoms with Crippen molar-refractivity contribution < 1.29 is 28.5 Å². The summed E-state index contributed by atoms with van der Waals surface area (Å²) < 4.78 is 9.37. The van der Waals surface area contributed by atoms with Crippen LogP contribution in [-0.4, -0.2) is 29.3 Å². The van der Waals surface area contributed by atoms with Crippen LogP contribution < -0.4 is 10.6 Å². The Kier molecular flexibility index (Phi) is 5.46. The Morgan fingerprint density at radius 2 is 1.68 bits per heavy atom. The van der Waals surface area contributed by atoms with Gasteiger partial charge in [-0.05, 0) is 30.3 Å². The molecule has 10 heteroatoms. The monoisotopic (exact) mass is 347 g/mol. The molecular formula is C15H13N3O7. The van der Waals surface area contributed by atoms with Crippen molar-refractivity contribution >= 4 is 35.0 Å². The van der Waals surface area contributed by atoms with E-state index in [2.05, 4.69) is 15.1 Å². The lowest BCUT2D eigenvalue weighted by atomic mass is 10.2. The molecule has 0 spiro atoms. The summed E-state index contributed by atoms with van der Waals surface area (Å²) in [4.78, 5) is 43.9. The Balaban J connectivity index is 1.84. The van der Waals surface area contributed by atoms with Crippen molar-refractivity contribution in [3.05, 3.63) is 52.3 Å². The minimum absolute atomic E-state index is 0.220. The van der Waals surface area contributed by atoms with Crippen LogP contribution in [-0.2, 0) is 14.3 Å². The van der Waals surface area contributed by atoms with Gasteiger partial charge in [0.1, 0.15) is 4.92 Å². The van der Waals surface area contributed by atoms with E-state index < -0.39 is 29.3 Å². The SMILES string of the molecule is CC(=O)Nc1ccc(NC(=O)COC(=O)c2ccc([N+](=O)[O-])o2)cc1. The standard InChI is InChI=1S/C15H13N3O7/c1-9(19)16-10-2-4-11(5-3-10)17-13(20)8-24-15(21)12-6-7-14(25-12)18(22)23/h2-7H,8H2,1H3,(H,16,19)(H,17,20). The van der Waals surface area contributed by atoms with Gasteiger partial charge in [0.25, 0.3) is 5.91 Å². The molecule has 2 N–H and O–H groups in total. The zero-order valence-corrected chi connectivity index (χ0v) is 13.0. The highest BCUT2D eigenvalue weighted by molar-refractivity contribution is 5.95. The van der Waals surface area contributed by atoms with Crippen molar-refractivity contribution in [1.82, 2.24) is 0 Å². The van der Waals surface area contributed by atoms with Gasteiger partial charge in [-0.15, -0.1) is 0 Å². The Hall–Kier alpha value is -3.69. The maximum Gasteiger partial charge on any atom is 0.433 e. The highest BCUT2D eigenvalue weighted by Crippen LogP contribution is 2.16. The summed E-state index contributed by atoms with van der Waals surface area (Å²) in [6.45, 7) is 0.776. The van der Waals surface area contributed by atoms with Gasteiger partial charge in [0, 0.05) is 18.3 Å². The van der Waals surface area contributed by atoms with Gasteiger partial charge in [-0.3, -0.25) is 19.7 Å². The van der Waals surface area contributed by atoms with Crippen LogP contribution in [0.4, 0.5) is 17.3 Å². The van der Waals surface area contributed by atoms with E-state index in [-0.39, 0.29) is 11.7 Å². The Morgan fingerprint density at radius 3 is 2.20 bits per heavy atom. The molecule has 0 atom stereocenters. The molecule has 0 fully saturated rings. The van der Waals surface area contributed by atoms with Crippen molar-refractivity contribution in [3.63, 3.8) is 0 Å². The fourth-order valence-corrected chi connectivity index (χ4v) is 1.77. The summed E-state index contributed by atoms with van der Waals surface area (Å²) in [6, 6.07) is 8.38. The van der Waals surface area contributed by atoms with E-state index in [4.69, 9.17) is 4.74 Å². The summed E-state index contributed by atoms with van der Waals surface area (Å²) in [5.74, 6) is -2.80. The summed E-state index contributed by atoms with van der Waals surface area (Å²) in [7, 11) is 0. The number of hydrogen-bond donors (Lipinski definition) is 2. The van der Waals surface area contributed by atoms with Gasteiger partial charge >= 0.3 is 11.9 Å². The summed E-state index contributed by atoms with van der Waals surface area (Å²) in [6.07, 6.45) is 0. The Bertz CT molecular complexity index is 811. The number of furan rings is 1. The van der Waals surface area contributed by atoms with Gasteiger partial charge in [0.15, 0.2) is 6.61 Å². The average molecular weight is 347 g/mol. The van der Waals surface area contributed by atoms with Crippen LogP contribution in [0, 0.1) is 10.1 Å². The number of hydrogen-bond acceptors (Lipinski definition) is 7. The predicted molar refractivity (Wildman–Crippen MR) is 85.0 cm³/mol. The van der Waals surface area contributed by atoms with E-state index in [1.807, 2.05) is 0 Å². The maximum absolute atomic E-state index is 11.7. The van der Waals surface area contributed by atoms with E-state index in [1.165, 1.54) is 6.92 Å². The molecule has 2 aromatic rings. The molecule has 0 bridgehead atoms. The molecule has 2 rings (SSSR count). The number of amides is 2. The predicted octanol–water partition coefficient (Wildman–Crippen LogP) is 1.94. The van der Waals surface area contributed by atoms with Gasteiger partial charge in [-0.2, -0.15) is 0 Å². The number of esters is 1. The highest BCUT2D eigenvalue weighted by Gasteiger charge is 2.19. The lowest BCUT2D eigenvalue weighted by molar-refractivity contribution is -0.402. The smallest absolute Gasteiger partial charge is 0.433 e. The molecule has 130 valence electrons. The molecule has 1 heterocycles. The van der Waals surface area contributed by atoms with E-state index in [9.17, 15) is 24.5 Å². The summed E-state index contributed by atoms with van der Waals surface area (Å²) in [5, 5.41) is 15.5. The van der Waals surface area contributed by atoms with Gasteiger partial charge in [-0.25, -0.2) is 4.79 Å². The second-order valence-corrected chi connectivity index (χ2v) is 4.78. The molecule has 0 aliphatic heterocycles. The third-order valence-corrected chi connectivity index (χ3v) is 2.80. The van der Waals surface area contributed by atoms with Gasteiger partial charge in [-0.1, -0.05) is 0 Å². The highest BCUT2D eigenvalue weighted by atomic mass is 16.7. The number of nitro groups is 1. The first kappa shape index (κ1) is 17.7. The maximum atomic E-state index is 11.7. The number of carbonyl (C=O) groups is 3. The number of anilines is 2. The van der Waals surface area contributed by atoms with E-state index in [0.29, 0.717) is 11.4 Å². The molecule has 2 amide bonds. The Labute approximate surface area is 140 Å². The van der Waals surface area contributed by atoms with Crippen molar-refractivity contribution in [3.8, 4) is 0 Å². The van der Waals surface area contributed by atoms with Crippen LogP contribution in [0.3, 0.4) is 0 Å². The molecule has 0 radical (unpaired) electrons. The summed E-state index contributed by atoms with van der Waals surface area (Å²) >= 11 is 0. The molecule has 0 saturated heterocycles. The molecule has 1 aromatic carbocycles. The van der Waals surface area contributed by atoms with Crippen LogP contribution >= 0.6 is 0 Å². The van der Waals surface area contributed by atoms with Crippen LogP contribution in [0.1, 0.15) is 17.5 Å². The average Bonchev–Trinajstić information content (AvgIpc) is 3.04. The van der Waals surface area contributed by atoms with Crippen LogP contribution in [0.15, 0.2) is 40.8 Å². The van der Waals surface area contributed by atoms with Crippen molar-refractivity contribution in [2.24, 2.45) is 0 Å². The second kappa shape index (κ2) is 7.73. The molecular weight excluding hydrogens is 334 g/mol. The van der Waals surface area contributed by atoms with E-state index >= 15 is 0 Å². The minimum Gasteiger partial charge on any atom is -0.450 e. The summed E-state index contributed by atoms with van der Waals surface area (Å²) in [5.41, 5.74) is 1.00. The Morgan fingerprint density at radius 1 is 1.08 bits per heavy atom. The number of carbonyl (C=O) groups excluding carboxylic acids is 3. The lowest BCUT2D eigenvalue weighted by Gasteiger charge is -2.07. The molecule has 1 aromatic heterocycles. The number of nitrogens with one attached hydrogen (secondary N) is 2. The van der Waals surface area contributed by atoms with E-state index in [0.717, 1.165) is 12.1 Å². The van der Waals surface area contributed by atoms with E-state index in [1.54, 1.807) is 24.3 Å². The molecule has 10 nitrogen and oxygen atoms in total. The van der Waals surface area contributed by atoms with Crippen LogP contribution in [0.25, 0.3) is 0 Å². The van der Waals surface area contributed by atoms with Crippen LogP contribution in [0.5, 0.6) is 0 Å². The first-order valence-electron chi connectivity index (χ1n) is 6.94. The zero-order chi connectivity index (χ0) is 18.4. The first-order chi connectivity index (χ1) is 11.8. The quantitative estimate of drug-likeness (QED) is 0.462. The van der Waals surface area contributed by atoms with Crippen LogP contribution in [0.2, 0.25) is 0 Å². The molecule has 0 aliphatic carbocycles. The van der Waals surface area contributed by atoms with Gasteiger partial charge in [0.2, 0.25) is 11.7 Å². The van der Waals surface area contributed by atoms with Gasteiger partial charge < -0.3 is 19.8 Å². The lowest BCUT2D eigenvalue weighted by Crippen LogP contribution is -2.20. The minimum atomic E-state index is -0.996. The number of ether oxygens (including phenoxy) is 1. The number of benzene rings is 1. The molecule has 25 heavy (non-hydrogen) atoms. The number of nitrogens with zero attached hydrogens (tertiary/aromatic N) is 1. The van der Waals surface area contributed by atoms with Gasteiger partial charge in [0.05, 0.1) is 6.07 Å². The molecule has 0 unspecified atom stereocenters. The largest absolute Gasteiger partial charge is 0.450 e. The first-order valence-corrected chi connectivity index (χ1v) is 6.94. The topological polar surface area (TPSA) is 141 Å². The van der Waals surface area contributed by atoms with Crippen molar-refractivity contribution in [2.75, 3.05) is 17.2 Å². The third-order valence-electron chi connectivity index (χ3n) is 2.80. The molecule has 0 aliphatic rings. The normalized spacial score (nSPS) is 9.96. The second-order valence-electron chi connectivity index (χ2n) is 4.78. The molecule has 0 saturated carbocycles.